The molecule has 0 radical (unpaired) electrons. The Morgan fingerprint density at radius 3 is 2.59 bits per heavy atom. The molecule has 148 valence electrons. The highest BCUT2D eigenvalue weighted by Crippen LogP contribution is 2.34. The third kappa shape index (κ3) is 3.75. The highest BCUT2D eigenvalue weighted by molar-refractivity contribution is 5.80. The second kappa shape index (κ2) is 7.16. The average Bonchev–Trinajstić information content (AvgIpc) is 3.09. The van der Waals surface area contributed by atoms with Gasteiger partial charge in [0.15, 0.2) is 0 Å². The van der Waals surface area contributed by atoms with E-state index in [1.807, 2.05) is 6.07 Å². The van der Waals surface area contributed by atoms with E-state index in [4.69, 9.17) is 4.74 Å². The largest absolute Gasteiger partial charge is 0.495 e. The van der Waals surface area contributed by atoms with Crippen molar-refractivity contribution in [3.05, 3.63) is 72.1 Å². The summed E-state index contributed by atoms with van der Waals surface area (Å²) in [5, 5.41) is 4.30. The zero-order valence-electron chi connectivity index (χ0n) is 15.1. The van der Waals surface area contributed by atoms with Gasteiger partial charge in [0.05, 0.1) is 37.1 Å². The standard InChI is InChI=1S/C20H14F4N4O/c1-29-15-4-12(7-25-9-15)11-28-19-6-14(8-26-18(19)10-27-28)13-2-3-17(21)16(5-13)20(22,23)24/h2-10H,11H2,1H3. The molecule has 3 aromatic heterocycles. The Bertz CT molecular complexity index is 1190. The molecule has 9 heteroatoms. The number of fused-ring (bicyclic) bond motifs is 1. The average molecular weight is 402 g/mol. The summed E-state index contributed by atoms with van der Waals surface area (Å²) in [5.74, 6) is -0.713. The molecule has 0 saturated carbocycles. The van der Waals surface area contributed by atoms with Crippen LogP contribution in [0.5, 0.6) is 5.75 Å². The fourth-order valence-electron chi connectivity index (χ4n) is 3.00. The molecular formula is C20H14F4N4O. The van der Waals surface area contributed by atoms with Gasteiger partial charge in [-0.05, 0) is 35.4 Å². The molecule has 3 heterocycles. The van der Waals surface area contributed by atoms with E-state index in [0.29, 0.717) is 28.9 Å². The third-order valence-corrected chi connectivity index (χ3v) is 4.44. The van der Waals surface area contributed by atoms with Crippen LogP contribution in [0.3, 0.4) is 0 Å². The van der Waals surface area contributed by atoms with Crippen molar-refractivity contribution in [1.29, 1.82) is 0 Å². The van der Waals surface area contributed by atoms with Gasteiger partial charge in [-0.2, -0.15) is 18.3 Å². The number of methoxy groups -OCH3 is 1. The molecule has 0 atom stereocenters. The van der Waals surface area contributed by atoms with Crippen LogP contribution in [0.2, 0.25) is 0 Å². The Morgan fingerprint density at radius 1 is 1.00 bits per heavy atom. The highest BCUT2D eigenvalue weighted by Gasteiger charge is 2.34. The molecule has 0 fully saturated rings. The topological polar surface area (TPSA) is 52.8 Å². The number of benzene rings is 1. The second-order valence-corrected chi connectivity index (χ2v) is 6.36. The molecule has 4 rings (SSSR count). The maximum absolute atomic E-state index is 13.6. The van der Waals surface area contributed by atoms with Gasteiger partial charge in [-0.15, -0.1) is 0 Å². The lowest BCUT2D eigenvalue weighted by Crippen LogP contribution is -2.08. The van der Waals surface area contributed by atoms with Gasteiger partial charge < -0.3 is 4.74 Å². The summed E-state index contributed by atoms with van der Waals surface area (Å²) in [4.78, 5) is 8.37. The van der Waals surface area contributed by atoms with Gasteiger partial charge in [0.2, 0.25) is 0 Å². The minimum atomic E-state index is -4.78. The van der Waals surface area contributed by atoms with Crippen molar-refractivity contribution in [2.75, 3.05) is 7.11 Å². The first-order valence-electron chi connectivity index (χ1n) is 8.52. The van der Waals surface area contributed by atoms with Crippen molar-refractivity contribution in [3.63, 3.8) is 0 Å². The summed E-state index contributed by atoms with van der Waals surface area (Å²) in [6.07, 6.45) is 1.48. The number of halogens is 4. The van der Waals surface area contributed by atoms with Crippen LogP contribution in [0.4, 0.5) is 17.6 Å². The first kappa shape index (κ1) is 18.9. The molecule has 0 aliphatic rings. The van der Waals surface area contributed by atoms with E-state index < -0.39 is 17.6 Å². The predicted molar refractivity (Wildman–Crippen MR) is 97.8 cm³/mol. The lowest BCUT2D eigenvalue weighted by molar-refractivity contribution is -0.139. The zero-order valence-corrected chi connectivity index (χ0v) is 15.1. The summed E-state index contributed by atoms with van der Waals surface area (Å²) in [6, 6.07) is 6.37. The Labute approximate surface area is 162 Å². The Kier molecular flexibility index (Phi) is 4.65. The molecule has 1 aromatic carbocycles. The van der Waals surface area contributed by atoms with Gasteiger partial charge in [-0.3, -0.25) is 14.6 Å². The van der Waals surface area contributed by atoms with E-state index in [-0.39, 0.29) is 5.56 Å². The van der Waals surface area contributed by atoms with E-state index >= 15 is 0 Å². The first-order valence-corrected chi connectivity index (χ1v) is 8.52. The van der Waals surface area contributed by atoms with Crippen LogP contribution in [0.25, 0.3) is 22.2 Å². The number of rotatable bonds is 4. The molecule has 29 heavy (non-hydrogen) atoms. The predicted octanol–water partition coefficient (Wildman–Crippen LogP) is 4.71. The van der Waals surface area contributed by atoms with Gasteiger partial charge in [0, 0.05) is 18.0 Å². The van der Waals surface area contributed by atoms with Gasteiger partial charge in [0.1, 0.15) is 17.1 Å². The van der Waals surface area contributed by atoms with Crippen molar-refractivity contribution in [2.45, 2.75) is 12.7 Å². The zero-order chi connectivity index (χ0) is 20.6. The fourth-order valence-corrected chi connectivity index (χ4v) is 3.00. The van der Waals surface area contributed by atoms with Crippen LogP contribution in [-0.4, -0.2) is 26.9 Å². The van der Waals surface area contributed by atoms with Crippen molar-refractivity contribution in [2.24, 2.45) is 0 Å². The van der Waals surface area contributed by atoms with Gasteiger partial charge in [-0.1, -0.05) is 6.07 Å². The van der Waals surface area contributed by atoms with Gasteiger partial charge >= 0.3 is 6.18 Å². The molecule has 5 nitrogen and oxygen atoms in total. The van der Waals surface area contributed by atoms with Crippen LogP contribution in [0, 0.1) is 5.82 Å². The minimum Gasteiger partial charge on any atom is -0.495 e. The van der Waals surface area contributed by atoms with E-state index in [1.165, 1.54) is 19.4 Å². The van der Waals surface area contributed by atoms with E-state index in [0.717, 1.165) is 17.7 Å². The maximum Gasteiger partial charge on any atom is 0.419 e. The molecule has 0 aliphatic heterocycles. The molecule has 0 bridgehead atoms. The monoisotopic (exact) mass is 402 g/mol. The molecule has 0 unspecified atom stereocenters. The molecular weight excluding hydrogens is 388 g/mol. The van der Waals surface area contributed by atoms with Crippen molar-refractivity contribution >= 4 is 11.0 Å². The van der Waals surface area contributed by atoms with E-state index in [2.05, 4.69) is 15.1 Å². The fraction of sp³-hybridized carbons (Fsp3) is 0.150. The summed E-state index contributed by atoms with van der Waals surface area (Å²) < 4.78 is 59.5. The minimum absolute atomic E-state index is 0.212. The third-order valence-electron chi connectivity index (χ3n) is 4.44. The maximum atomic E-state index is 13.6. The number of pyridine rings is 2. The van der Waals surface area contributed by atoms with Gasteiger partial charge in [0.25, 0.3) is 0 Å². The van der Waals surface area contributed by atoms with Crippen molar-refractivity contribution in [1.82, 2.24) is 19.7 Å². The summed E-state index contributed by atoms with van der Waals surface area (Å²) >= 11 is 0. The number of alkyl halides is 3. The van der Waals surface area contributed by atoms with Crippen LogP contribution in [0.15, 0.2) is 55.1 Å². The number of nitrogens with zero attached hydrogens (tertiary/aromatic N) is 4. The normalized spacial score (nSPS) is 11.8. The Morgan fingerprint density at radius 2 is 1.83 bits per heavy atom. The van der Waals surface area contributed by atoms with Crippen molar-refractivity contribution in [3.8, 4) is 16.9 Å². The van der Waals surface area contributed by atoms with Crippen molar-refractivity contribution < 1.29 is 22.3 Å². The molecule has 0 amide bonds. The molecule has 4 aromatic rings. The highest BCUT2D eigenvalue weighted by atomic mass is 19.4. The lowest BCUT2D eigenvalue weighted by atomic mass is 10.0. The van der Waals surface area contributed by atoms with Crippen LogP contribution in [-0.2, 0) is 12.7 Å². The molecule has 0 aliphatic carbocycles. The number of aromatic nitrogens is 4. The molecule has 0 spiro atoms. The van der Waals surface area contributed by atoms with E-state index in [1.54, 1.807) is 29.3 Å². The molecule has 0 N–H and O–H groups in total. The quantitative estimate of drug-likeness (QED) is 0.464. The second-order valence-electron chi connectivity index (χ2n) is 6.36. The number of hydrogen-bond donors (Lipinski definition) is 0. The Balaban J connectivity index is 1.74. The first-order chi connectivity index (χ1) is 13.8. The van der Waals surface area contributed by atoms with Crippen LogP contribution in [0.1, 0.15) is 11.1 Å². The van der Waals surface area contributed by atoms with Crippen LogP contribution >= 0.6 is 0 Å². The number of hydrogen-bond acceptors (Lipinski definition) is 4. The van der Waals surface area contributed by atoms with Gasteiger partial charge in [-0.25, -0.2) is 4.39 Å². The van der Waals surface area contributed by atoms with E-state index in [9.17, 15) is 17.6 Å². The summed E-state index contributed by atoms with van der Waals surface area (Å²) in [6.45, 7) is 0.371. The SMILES string of the molecule is COc1cncc(Cn2ncc3ncc(-c4ccc(F)c(C(F)(F)F)c4)cc32)c1. The number of ether oxygens (including phenoxy) is 1. The smallest absolute Gasteiger partial charge is 0.419 e. The lowest BCUT2D eigenvalue weighted by Gasteiger charge is -2.10. The summed E-state index contributed by atoms with van der Waals surface area (Å²) in [5.41, 5.74) is 1.37. The Hall–Kier alpha value is -3.49. The molecule has 0 saturated heterocycles. The summed E-state index contributed by atoms with van der Waals surface area (Å²) in [7, 11) is 1.54. The van der Waals surface area contributed by atoms with Crippen LogP contribution < -0.4 is 4.74 Å².